The van der Waals surface area contributed by atoms with Gasteiger partial charge in [0.25, 0.3) is 0 Å². The molecular weight excluding hydrogens is 753 g/mol. The van der Waals surface area contributed by atoms with Gasteiger partial charge in [-0.1, -0.05) is 225 Å². The number of nitrogens with one attached hydrogen (secondary N) is 2. The van der Waals surface area contributed by atoms with Crippen LogP contribution < -0.4 is 16.4 Å². The van der Waals surface area contributed by atoms with Gasteiger partial charge in [-0.3, -0.25) is 0 Å². The van der Waals surface area contributed by atoms with E-state index in [9.17, 15) is 0 Å². The molecule has 1 saturated heterocycles. The van der Waals surface area contributed by atoms with E-state index in [0.717, 1.165) is 54.5 Å². The van der Waals surface area contributed by atoms with Crippen LogP contribution in [0.3, 0.4) is 0 Å². The number of hydrogen-bond acceptors (Lipinski definition) is 4. The van der Waals surface area contributed by atoms with Gasteiger partial charge in [-0.2, -0.15) is 0 Å². The first kappa shape index (κ1) is 63.9. The van der Waals surface area contributed by atoms with Gasteiger partial charge in [0.1, 0.15) is 0 Å². The van der Waals surface area contributed by atoms with Crippen molar-refractivity contribution >= 4 is 0 Å². The van der Waals surface area contributed by atoms with Crippen molar-refractivity contribution in [2.24, 2.45) is 46.7 Å². The quantitative estimate of drug-likeness (QED) is 0.0417. The Morgan fingerprint density at radius 3 is 1.69 bits per heavy atom. The fraction of sp³-hybridized carbons (Fsp3) is 0.793. The summed E-state index contributed by atoms with van der Waals surface area (Å²) in [7, 11) is 0. The molecule has 0 radical (unpaired) electrons. The van der Waals surface area contributed by atoms with E-state index in [4.69, 9.17) is 5.73 Å². The fourth-order valence-electron chi connectivity index (χ4n) is 8.19. The zero-order valence-electron chi connectivity index (χ0n) is 45.2. The molecule has 4 heteroatoms. The third-order valence-corrected chi connectivity index (χ3v) is 12.8. The Kier molecular flexibility index (Phi) is 39.1. The summed E-state index contributed by atoms with van der Waals surface area (Å²) >= 11 is 0. The standard InChI is InChI=1S/C20H40N2.C19H35N.C13H25N.C4H8.C2H6/c1-8-9-10-13-16-21-18(4)14-11-12-15-19(20(5,6)7)22-17(2)3;1-8-10-18(11-9-2)16(6)17(7)20-13-15(5)12-19(20)14(3)4;1-6-7-10(2)8-9-11(3)12(4)13(5)14;1-4-2-3-4;1-2/h19,21-22H,2,4,8-16H2,1,3,5-7H3;15-16,18-19H,3,7-13H2,1-2,4-6H3;10-11H,4-9,14H2,1-3H3;4H,2-3H2,1H3;1-2H3. The van der Waals surface area contributed by atoms with Crippen molar-refractivity contribution < 1.29 is 0 Å². The Morgan fingerprint density at radius 1 is 0.710 bits per heavy atom. The molecule has 4 nitrogen and oxygen atoms in total. The summed E-state index contributed by atoms with van der Waals surface area (Å²) < 4.78 is 0. The first-order valence-electron chi connectivity index (χ1n) is 26.1. The average Bonchev–Trinajstić information content (AvgIpc) is 3.90. The number of nitrogens with zero attached hydrogens (tertiary/aromatic N) is 1. The van der Waals surface area contributed by atoms with E-state index in [1.165, 1.54) is 133 Å². The van der Waals surface area contributed by atoms with Crippen molar-refractivity contribution in [3.63, 3.8) is 0 Å². The molecule has 2 rings (SSSR count). The van der Waals surface area contributed by atoms with E-state index >= 15 is 0 Å². The van der Waals surface area contributed by atoms with Crippen LogP contribution in [-0.2, 0) is 0 Å². The van der Waals surface area contributed by atoms with Crippen molar-refractivity contribution in [3.8, 4) is 0 Å². The summed E-state index contributed by atoms with van der Waals surface area (Å²) in [6.07, 6.45) is 24.5. The highest BCUT2D eigenvalue weighted by Crippen LogP contribution is 2.37. The van der Waals surface area contributed by atoms with Crippen molar-refractivity contribution in [2.45, 2.75) is 245 Å². The van der Waals surface area contributed by atoms with Crippen LogP contribution in [0.25, 0.3) is 0 Å². The van der Waals surface area contributed by atoms with Crippen LogP contribution in [0.4, 0.5) is 0 Å². The van der Waals surface area contributed by atoms with Crippen LogP contribution in [0.5, 0.6) is 0 Å². The second-order valence-electron chi connectivity index (χ2n) is 20.8. The van der Waals surface area contributed by atoms with E-state index < -0.39 is 0 Å². The van der Waals surface area contributed by atoms with Gasteiger partial charge in [0.05, 0.1) is 0 Å². The van der Waals surface area contributed by atoms with E-state index in [2.05, 4.69) is 145 Å². The van der Waals surface area contributed by atoms with Crippen molar-refractivity contribution in [1.29, 1.82) is 0 Å². The molecule has 0 spiro atoms. The first-order valence-corrected chi connectivity index (χ1v) is 26.1. The van der Waals surface area contributed by atoms with E-state index in [1.54, 1.807) is 0 Å². The largest absolute Gasteiger partial charge is 0.399 e. The van der Waals surface area contributed by atoms with Gasteiger partial charge in [-0.05, 0) is 98.9 Å². The van der Waals surface area contributed by atoms with E-state index in [1.807, 2.05) is 20.8 Å². The zero-order chi connectivity index (χ0) is 48.4. The minimum absolute atomic E-state index is 0.271. The highest BCUT2D eigenvalue weighted by Gasteiger charge is 2.33. The van der Waals surface area contributed by atoms with Crippen molar-refractivity contribution in [1.82, 2.24) is 15.5 Å². The number of hydrogen-bond donors (Lipinski definition) is 3. The highest BCUT2D eigenvalue weighted by atomic mass is 15.2. The second-order valence-corrected chi connectivity index (χ2v) is 20.8. The zero-order valence-corrected chi connectivity index (χ0v) is 45.2. The first-order chi connectivity index (χ1) is 29.1. The molecule has 2 fully saturated rings. The lowest BCUT2D eigenvalue weighted by atomic mass is 9.83. The summed E-state index contributed by atoms with van der Waals surface area (Å²) in [4.78, 5) is 2.55. The maximum Gasteiger partial charge on any atom is 0.0497 e. The van der Waals surface area contributed by atoms with E-state index in [-0.39, 0.29) is 5.41 Å². The van der Waals surface area contributed by atoms with E-state index in [0.29, 0.717) is 29.6 Å². The number of likely N-dealkylation sites (tertiary alicyclic amines) is 1. The summed E-state index contributed by atoms with van der Waals surface area (Å²) in [5.41, 5.74) is 12.5. The molecule has 1 aliphatic heterocycles. The molecule has 366 valence electrons. The van der Waals surface area contributed by atoms with Gasteiger partial charge in [-0.15, -0.1) is 0 Å². The smallest absolute Gasteiger partial charge is 0.0497 e. The molecule has 0 aromatic heterocycles. The van der Waals surface area contributed by atoms with Gasteiger partial charge < -0.3 is 21.3 Å². The second kappa shape index (κ2) is 38.0. The topological polar surface area (TPSA) is 53.3 Å². The lowest BCUT2D eigenvalue weighted by Gasteiger charge is -2.35. The van der Waals surface area contributed by atoms with Crippen LogP contribution in [0, 0.1) is 40.9 Å². The Labute approximate surface area is 392 Å². The Hall–Kier alpha value is -2.36. The number of nitrogens with two attached hydrogens (primary N) is 1. The van der Waals surface area contributed by atoms with Crippen LogP contribution in [0.2, 0.25) is 0 Å². The molecule has 0 aromatic rings. The maximum absolute atomic E-state index is 5.61. The van der Waals surface area contributed by atoms with Crippen molar-refractivity contribution in [3.05, 3.63) is 73.4 Å². The molecule has 1 heterocycles. The summed E-state index contributed by atoms with van der Waals surface area (Å²) in [6.45, 7) is 62.4. The average molecular weight is 868 g/mol. The summed E-state index contributed by atoms with van der Waals surface area (Å²) in [6, 6.07) is 1.02. The van der Waals surface area contributed by atoms with Gasteiger partial charge in [0, 0.05) is 48.0 Å². The maximum atomic E-state index is 5.61. The lowest BCUT2D eigenvalue weighted by molar-refractivity contribution is 0.251. The molecule has 0 bridgehead atoms. The Morgan fingerprint density at radius 2 is 1.26 bits per heavy atom. The lowest BCUT2D eigenvalue weighted by Crippen LogP contribution is -2.39. The van der Waals surface area contributed by atoms with Crippen LogP contribution in [0.15, 0.2) is 73.4 Å². The minimum atomic E-state index is 0.271. The third kappa shape index (κ3) is 33.2. The van der Waals surface area contributed by atoms with Gasteiger partial charge >= 0.3 is 0 Å². The van der Waals surface area contributed by atoms with Gasteiger partial charge in [0.15, 0.2) is 0 Å². The molecule has 0 aromatic carbocycles. The Bertz CT molecular complexity index is 1180. The number of rotatable bonds is 28. The Balaban J connectivity index is -0.000000801. The monoisotopic (exact) mass is 867 g/mol. The number of unbranched alkanes of at least 4 members (excludes halogenated alkanes) is 4. The number of allylic oxidation sites excluding steroid dienone is 4. The minimum Gasteiger partial charge on any atom is -0.399 e. The summed E-state index contributed by atoms with van der Waals surface area (Å²) in [5, 5.41) is 7.00. The predicted molar refractivity (Wildman–Crippen MR) is 286 cm³/mol. The van der Waals surface area contributed by atoms with Crippen LogP contribution >= 0.6 is 0 Å². The van der Waals surface area contributed by atoms with Crippen LogP contribution in [-0.4, -0.2) is 30.1 Å². The van der Waals surface area contributed by atoms with Gasteiger partial charge in [-0.25, -0.2) is 0 Å². The molecule has 2 aliphatic rings. The molecule has 6 unspecified atom stereocenters. The summed E-state index contributed by atoms with van der Waals surface area (Å²) in [5.74, 6) is 4.53. The highest BCUT2D eigenvalue weighted by molar-refractivity contribution is 5.23. The fourth-order valence-corrected chi connectivity index (χ4v) is 8.19. The van der Waals surface area contributed by atoms with Crippen LogP contribution in [0.1, 0.15) is 233 Å². The molecule has 1 aliphatic carbocycles. The molecule has 62 heavy (non-hydrogen) atoms. The molecule has 1 saturated carbocycles. The van der Waals surface area contributed by atoms with Crippen molar-refractivity contribution in [2.75, 3.05) is 13.1 Å². The SMILES string of the molecule is C=C(C)C1CC(C)CN1C(=C)C(C)C(CCC)CCC.C=C(C)NC(CCCCC(=C)NCCCCCC)C(C)(C)C.C=C(N)C(=C)C(C)CCC(C)CCC.CC.CC1CC1. The molecule has 6 atom stereocenters. The molecule has 4 N–H and O–H groups in total. The normalized spacial score (nSPS) is 17.5. The van der Waals surface area contributed by atoms with Gasteiger partial charge in [0.2, 0.25) is 0 Å². The molecular formula is C58H114N4. The predicted octanol–water partition coefficient (Wildman–Crippen LogP) is 17.7. The molecule has 0 amide bonds. The third-order valence-electron chi connectivity index (χ3n) is 12.8.